The Morgan fingerprint density at radius 3 is 2.53 bits per heavy atom. The summed E-state index contributed by atoms with van der Waals surface area (Å²) in [6.07, 6.45) is 3.98. The van der Waals surface area contributed by atoms with E-state index in [9.17, 15) is 18.4 Å². The van der Waals surface area contributed by atoms with Crippen molar-refractivity contribution in [2.24, 2.45) is 0 Å². The molecular weight excluding hydrogens is 254 g/mol. The van der Waals surface area contributed by atoms with Gasteiger partial charge in [-0.15, -0.1) is 0 Å². The molecule has 6 heteroatoms. The summed E-state index contributed by atoms with van der Waals surface area (Å²) >= 11 is 0. The number of hydrogen-bond acceptors (Lipinski definition) is 4. The lowest BCUT2D eigenvalue weighted by molar-refractivity contribution is 0.0855. The molecule has 1 fully saturated rings. The zero-order chi connectivity index (χ0) is 14.0. The first kappa shape index (κ1) is 13.3. The smallest absolute Gasteiger partial charge is 0.265 e. The zero-order valence-corrected chi connectivity index (χ0v) is 10.3. The van der Waals surface area contributed by atoms with Gasteiger partial charge in [-0.1, -0.05) is 12.2 Å². The van der Waals surface area contributed by atoms with Gasteiger partial charge < -0.3 is 9.80 Å². The second-order valence-corrected chi connectivity index (χ2v) is 4.23. The molecule has 0 amide bonds. The molecule has 1 atom stereocenters. The van der Waals surface area contributed by atoms with Gasteiger partial charge in [-0.2, -0.15) is 0 Å². The highest BCUT2D eigenvalue weighted by Gasteiger charge is 2.45. The first-order chi connectivity index (χ1) is 9.11. The molecule has 0 unspecified atom stereocenters. The SMILES string of the molecule is CN1C(=C=O)[C@@H](C(F)F)N(C2=CCCC=C2)C1=C=O. The molecule has 0 N–H and O–H groups in total. The number of alkyl halides is 2. The minimum atomic E-state index is -2.80. The second-order valence-electron chi connectivity index (χ2n) is 4.23. The summed E-state index contributed by atoms with van der Waals surface area (Å²) in [5, 5.41) is 0. The fourth-order valence-electron chi connectivity index (χ4n) is 2.27. The average Bonchev–Trinajstić information content (AvgIpc) is 2.71. The number of halogens is 2. The summed E-state index contributed by atoms with van der Waals surface area (Å²) in [6, 6.07) is -1.49. The van der Waals surface area contributed by atoms with Crippen molar-refractivity contribution in [2.45, 2.75) is 25.3 Å². The molecule has 1 saturated heterocycles. The van der Waals surface area contributed by atoms with Gasteiger partial charge in [0.15, 0.2) is 5.94 Å². The lowest BCUT2D eigenvalue weighted by Crippen LogP contribution is -2.34. The Morgan fingerprint density at radius 2 is 2.05 bits per heavy atom. The molecule has 0 saturated carbocycles. The molecular formula is C13H12F2N2O2. The highest BCUT2D eigenvalue weighted by molar-refractivity contribution is 5.64. The van der Waals surface area contributed by atoms with E-state index in [1.807, 2.05) is 6.08 Å². The number of likely N-dealkylation sites (N-methyl/N-ethyl adjacent to an activating group) is 1. The highest BCUT2D eigenvalue weighted by atomic mass is 19.3. The van der Waals surface area contributed by atoms with Gasteiger partial charge in [0.2, 0.25) is 5.82 Å². The molecule has 100 valence electrons. The van der Waals surface area contributed by atoms with E-state index in [0.717, 1.165) is 16.2 Å². The average molecular weight is 266 g/mol. The van der Waals surface area contributed by atoms with Crippen LogP contribution in [0.2, 0.25) is 0 Å². The molecule has 2 aliphatic rings. The fourth-order valence-corrected chi connectivity index (χ4v) is 2.27. The van der Waals surface area contributed by atoms with Crippen LogP contribution >= 0.6 is 0 Å². The highest BCUT2D eigenvalue weighted by Crippen LogP contribution is 2.36. The lowest BCUT2D eigenvalue weighted by Gasteiger charge is -2.26. The normalized spacial score (nSPS) is 22.7. The topological polar surface area (TPSA) is 40.6 Å². The molecule has 0 aromatic carbocycles. The van der Waals surface area contributed by atoms with Crippen LogP contribution in [0.3, 0.4) is 0 Å². The largest absolute Gasteiger partial charge is 0.314 e. The Balaban J connectivity index is 2.54. The minimum absolute atomic E-state index is 0.0959. The van der Waals surface area contributed by atoms with Crippen LogP contribution in [-0.2, 0) is 9.59 Å². The molecule has 1 aliphatic heterocycles. The van der Waals surface area contributed by atoms with E-state index < -0.39 is 12.5 Å². The van der Waals surface area contributed by atoms with Crippen molar-refractivity contribution < 1.29 is 18.4 Å². The van der Waals surface area contributed by atoms with Crippen molar-refractivity contribution in [3.8, 4) is 0 Å². The van der Waals surface area contributed by atoms with Crippen LogP contribution < -0.4 is 0 Å². The molecule has 0 aromatic rings. The zero-order valence-electron chi connectivity index (χ0n) is 10.3. The second kappa shape index (κ2) is 5.22. The van der Waals surface area contributed by atoms with Crippen LogP contribution in [0.15, 0.2) is 35.4 Å². The summed E-state index contributed by atoms with van der Waals surface area (Å²) in [5.74, 6) is 3.02. The molecule has 1 aliphatic carbocycles. The number of carbonyl (C=O) groups excluding carboxylic acids is 2. The first-order valence-corrected chi connectivity index (χ1v) is 5.79. The van der Waals surface area contributed by atoms with Crippen molar-refractivity contribution in [3.05, 3.63) is 35.4 Å². The fraction of sp³-hybridized carbons (Fsp3) is 0.385. The Hall–Kier alpha value is -2.16. The van der Waals surface area contributed by atoms with Crippen molar-refractivity contribution in [1.29, 1.82) is 0 Å². The van der Waals surface area contributed by atoms with Crippen LogP contribution in [0.4, 0.5) is 8.78 Å². The first-order valence-electron chi connectivity index (χ1n) is 5.79. The van der Waals surface area contributed by atoms with E-state index in [-0.39, 0.29) is 11.5 Å². The molecule has 4 nitrogen and oxygen atoms in total. The third kappa shape index (κ3) is 2.12. The van der Waals surface area contributed by atoms with Gasteiger partial charge in [-0.25, -0.2) is 18.4 Å². The summed E-state index contributed by atoms with van der Waals surface area (Å²) in [5.41, 5.74) is 0.222. The van der Waals surface area contributed by atoms with Crippen LogP contribution in [0.5, 0.6) is 0 Å². The maximum Gasteiger partial charge on any atom is 0.265 e. The Kier molecular flexibility index (Phi) is 3.65. The van der Waals surface area contributed by atoms with Gasteiger partial charge in [0, 0.05) is 12.7 Å². The third-order valence-electron chi connectivity index (χ3n) is 3.15. The summed E-state index contributed by atoms with van der Waals surface area (Å²) in [6.45, 7) is 0. The number of nitrogens with zero attached hydrogens (tertiary/aromatic N) is 2. The Morgan fingerprint density at radius 1 is 1.32 bits per heavy atom. The summed E-state index contributed by atoms with van der Waals surface area (Å²) < 4.78 is 26.4. The van der Waals surface area contributed by atoms with E-state index >= 15 is 0 Å². The maximum absolute atomic E-state index is 13.2. The van der Waals surface area contributed by atoms with Crippen LogP contribution in [0.1, 0.15) is 12.8 Å². The monoisotopic (exact) mass is 266 g/mol. The molecule has 19 heavy (non-hydrogen) atoms. The van der Waals surface area contributed by atoms with E-state index in [0.29, 0.717) is 12.1 Å². The molecule has 0 aromatic heterocycles. The van der Waals surface area contributed by atoms with Crippen molar-refractivity contribution in [1.82, 2.24) is 9.80 Å². The van der Waals surface area contributed by atoms with Gasteiger partial charge in [-0.05, 0) is 18.9 Å². The molecule has 2 rings (SSSR count). The Bertz CT molecular complexity index is 541. The van der Waals surface area contributed by atoms with Crippen LogP contribution in [0.25, 0.3) is 0 Å². The van der Waals surface area contributed by atoms with Gasteiger partial charge in [0.25, 0.3) is 6.43 Å². The minimum Gasteiger partial charge on any atom is -0.314 e. The molecule has 0 spiro atoms. The van der Waals surface area contributed by atoms with Crippen LogP contribution in [0, 0.1) is 0 Å². The third-order valence-corrected chi connectivity index (χ3v) is 3.15. The number of hydrogen-bond donors (Lipinski definition) is 0. The van der Waals surface area contributed by atoms with E-state index in [1.54, 1.807) is 18.1 Å². The van der Waals surface area contributed by atoms with Gasteiger partial charge >= 0.3 is 0 Å². The van der Waals surface area contributed by atoms with Crippen LogP contribution in [-0.4, -0.2) is 41.2 Å². The van der Waals surface area contributed by atoms with Crippen molar-refractivity contribution in [3.63, 3.8) is 0 Å². The maximum atomic E-state index is 13.2. The predicted octanol–water partition coefficient (Wildman–Crippen LogP) is 1.49. The Labute approximate surface area is 109 Å². The van der Waals surface area contributed by atoms with Crippen molar-refractivity contribution >= 4 is 11.9 Å². The lowest BCUT2D eigenvalue weighted by atomic mass is 10.1. The molecule has 1 heterocycles. The quantitative estimate of drug-likeness (QED) is 0.710. The number of allylic oxidation sites excluding steroid dienone is 3. The van der Waals surface area contributed by atoms with Gasteiger partial charge in [0.1, 0.15) is 17.7 Å². The standard InChI is InChI=1S/C13H12F2N2O2/c1-16-10(7-18)12(13(14)15)17(11(16)8-19)9-5-3-2-4-6-9/h3,5-6,12-13H,2,4H2,1H3/t12-/m0/s1. The predicted molar refractivity (Wildman–Crippen MR) is 64.3 cm³/mol. The van der Waals surface area contributed by atoms with Gasteiger partial charge in [-0.3, -0.25) is 0 Å². The van der Waals surface area contributed by atoms with Crippen molar-refractivity contribution in [2.75, 3.05) is 7.05 Å². The van der Waals surface area contributed by atoms with E-state index in [4.69, 9.17) is 0 Å². The van der Waals surface area contributed by atoms with E-state index in [2.05, 4.69) is 0 Å². The van der Waals surface area contributed by atoms with Gasteiger partial charge in [0.05, 0.1) is 0 Å². The van der Waals surface area contributed by atoms with E-state index in [1.165, 1.54) is 13.0 Å². The molecule has 0 bridgehead atoms. The summed E-state index contributed by atoms with van der Waals surface area (Å²) in [4.78, 5) is 24.2. The summed E-state index contributed by atoms with van der Waals surface area (Å²) in [7, 11) is 1.38. The number of rotatable bonds is 2. The molecule has 0 radical (unpaired) electrons.